The molecule has 0 aliphatic heterocycles. The first-order valence-corrected chi connectivity index (χ1v) is 8.49. The molecule has 0 spiro atoms. The number of halogens is 2. The molecule has 1 aromatic carbocycles. The van der Waals surface area contributed by atoms with Gasteiger partial charge in [0.05, 0.1) is 3.79 Å². The summed E-state index contributed by atoms with van der Waals surface area (Å²) in [4.78, 5) is 2.24. The summed E-state index contributed by atoms with van der Waals surface area (Å²) in [5, 5.41) is 2.18. The third kappa shape index (κ3) is 4.05. The van der Waals surface area contributed by atoms with Crippen molar-refractivity contribution < 1.29 is 0 Å². The van der Waals surface area contributed by atoms with E-state index in [4.69, 9.17) is 5.73 Å². The number of nitrogens with zero attached hydrogens (tertiary/aromatic N) is 1. The Balaban J connectivity index is 2.10. The van der Waals surface area contributed by atoms with Crippen LogP contribution in [0.4, 0.5) is 5.69 Å². The van der Waals surface area contributed by atoms with E-state index in [1.165, 1.54) is 20.6 Å². The Kier molecular flexibility index (Phi) is 5.45. The Bertz CT molecular complexity index is 554. The zero-order chi connectivity index (χ0) is 13.8. The lowest BCUT2D eigenvalue weighted by Crippen LogP contribution is -2.16. The van der Waals surface area contributed by atoms with Crippen LogP contribution in [0.25, 0.3) is 0 Å². The maximum absolute atomic E-state index is 5.60. The standard InChI is InChI=1S/C14H16Br2N2S/c1-18(8-10-6-14(16)19-9-10)12-3-2-11(4-5-17)13(15)7-12/h2-3,6-7,9H,4-5,8,17H2,1H3. The molecule has 2 rings (SSSR count). The lowest BCUT2D eigenvalue weighted by molar-refractivity contribution is 0.920. The van der Waals surface area contributed by atoms with Crippen molar-refractivity contribution in [3.8, 4) is 0 Å². The zero-order valence-electron chi connectivity index (χ0n) is 10.7. The number of benzene rings is 1. The van der Waals surface area contributed by atoms with E-state index in [2.05, 4.69) is 73.5 Å². The fourth-order valence-electron chi connectivity index (χ4n) is 1.93. The van der Waals surface area contributed by atoms with Crippen LogP contribution in [0, 0.1) is 0 Å². The quantitative estimate of drug-likeness (QED) is 0.800. The van der Waals surface area contributed by atoms with E-state index in [9.17, 15) is 0 Å². The minimum absolute atomic E-state index is 0.677. The van der Waals surface area contributed by atoms with Crippen LogP contribution < -0.4 is 10.6 Å². The molecule has 19 heavy (non-hydrogen) atoms. The predicted octanol–water partition coefficient (Wildman–Crippen LogP) is 4.41. The number of rotatable bonds is 5. The van der Waals surface area contributed by atoms with Gasteiger partial charge in [0.1, 0.15) is 0 Å². The Hall–Kier alpha value is -0.360. The highest BCUT2D eigenvalue weighted by Crippen LogP contribution is 2.26. The van der Waals surface area contributed by atoms with Gasteiger partial charge in [-0.3, -0.25) is 0 Å². The van der Waals surface area contributed by atoms with Crippen LogP contribution in [0.15, 0.2) is 37.9 Å². The fraction of sp³-hybridized carbons (Fsp3) is 0.286. The lowest BCUT2D eigenvalue weighted by Gasteiger charge is -2.19. The van der Waals surface area contributed by atoms with Crippen molar-refractivity contribution in [3.05, 3.63) is 49.0 Å². The molecule has 0 fully saturated rings. The van der Waals surface area contributed by atoms with Gasteiger partial charge in [-0.2, -0.15) is 0 Å². The zero-order valence-corrected chi connectivity index (χ0v) is 14.7. The molecule has 0 unspecified atom stereocenters. The Morgan fingerprint density at radius 2 is 2.05 bits per heavy atom. The van der Waals surface area contributed by atoms with E-state index in [-0.39, 0.29) is 0 Å². The Morgan fingerprint density at radius 3 is 2.63 bits per heavy atom. The third-order valence-corrected chi connectivity index (χ3v) is 5.22. The van der Waals surface area contributed by atoms with Crippen molar-refractivity contribution in [2.24, 2.45) is 5.73 Å². The average molecular weight is 404 g/mol. The SMILES string of the molecule is CN(Cc1csc(Br)c1)c1ccc(CCN)c(Br)c1. The van der Waals surface area contributed by atoms with Crippen molar-refractivity contribution in [1.82, 2.24) is 0 Å². The van der Waals surface area contributed by atoms with Crippen molar-refractivity contribution in [2.45, 2.75) is 13.0 Å². The minimum Gasteiger partial charge on any atom is -0.370 e. The van der Waals surface area contributed by atoms with Crippen LogP contribution in [0.5, 0.6) is 0 Å². The van der Waals surface area contributed by atoms with Gasteiger partial charge in [0.15, 0.2) is 0 Å². The van der Waals surface area contributed by atoms with Crippen LogP contribution in [-0.4, -0.2) is 13.6 Å². The van der Waals surface area contributed by atoms with Gasteiger partial charge in [-0.25, -0.2) is 0 Å². The first-order valence-electron chi connectivity index (χ1n) is 6.02. The van der Waals surface area contributed by atoms with Gasteiger partial charge >= 0.3 is 0 Å². The summed E-state index contributed by atoms with van der Waals surface area (Å²) >= 11 is 8.84. The first-order chi connectivity index (χ1) is 9.10. The number of anilines is 1. The van der Waals surface area contributed by atoms with Crippen molar-refractivity contribution in [2.75, 3.05) is 18.5 Å². The maximum atomic E-state index is 5.60. The molecule has 0 bridgehead atoms. The van der Waals surface area contributed by atoms with Crippen LogP contribution in [0.1, 0.15) is 11.1 Å². The smallest absolute Gasteiger partial charge is 0.0701 e. The maximum Gasteiger partial charge on any atom is 0.0701 e. The number of hydrogen-bond acceptors (Lipinski definition) is 3. The molecule has 2 nitrogen and oxygen atoms in total. The molecule has 2 aromatic rings. The number of nitrogens with two attached hydrogens (primary N) is 1. The molecule has 0 amide bonds. The van der Waals surface area contributed by atoms with E-state index in [1.54, 1.807) is 11.3 Å². The van der Waals surface area contributed by atoms with Gasteiger partial charge in [-0.05, 0) is 63.6 Å². The van der Waals surface area contributed by atoms with E-state index in [0.29, 0.717) is 6.54 Å². The Morgan fingerprint density at radius 1 is 1.26 bits per heavy atom. The van der Waals surface area contributed by atoms with Crippen molar-refractivity contribution >= 4 is 48.9 Å². The molecular weight excluding hydrogens is 388 g/mol. The summed E-state index contributed by atoms with van der Waals surface area (Å²) < 4.78 is 2.31. The molecule has 0 radical (unpaired) electrons. The average Bonchev–Trinajstić information content (AvgIpc) is 2.77. The first kappa shape index (κ1) is 15.0. The summed E-state index contributed by atoms with van der Waals surface area (Å²) in [5.74, 6) is 0. The summed E-state index contributed by atoms with van der Waals surface area (Å²) in [6, 6.07) is 8.62. The minimum atomic E-state index is 0.677. The van der Waals surface area contributed by atoms with E-state index >= 15 is 0 Å². The van der Waals surface area contributed by atoms with Crippen molar-refractivity contribution in [3.63, 3.8) is 0 Å². The van der Waals surface area contributed by atoms with E-state index < -0.39 is 0 Å². The molecule has 102 valence electrons. The van der Waals surface area contributed by atoms with Gasteiger partial charge in [0.2, 0.25) is 0 Å². The van der Waals surface area contributed by atoms with Crippen LogP contribution in [-0.2, 0) is 13.0 Å². The molecule has 0 atom stereocenters. The normalized spacial score (nSPS) is 10.7. The molecule has 0 saturated carbocycles. The molecule has 0 aliphatic carbocycles. The Labute approximate surface area is 134 Å². The van der Waals surface area contributed by atoms with Crippen LogP contribution in [0.2, 0.25) is 0 Å². The molecule has 5 heteroatoms. The van der Waals surface area contributed by atoms with E-state index in [1.807, 2.05) is 0 Å². The molecule has 2 N–H and O–H groups in total. The summed E-state index contributed by atoms with van der Waals surface area (Å²) in [6.45, 7) is 1.58. The van der Waals surface area contributed by atoms with Gasteiger partial charge in [-0.15, -0.1) is 11.3 Å². The largest absolute Gasteiger partial charge is 0.370 e. The van der Waals surface area contributed by atoms with Gasteiger partial charge in [-0.1, -0.05) is 22.0 Å². The number of thiophene rings is 1. The highest BCUT2D eigenvalue weighted by Gasteiger charge is 2.07. The second kappa shape index (κ2) is 6.88. The monoisotopic (exact) mass is 402 g/mol. The fourth-order valence-corrected chi connectivity index (χ4v) is 3.69. The summed E-state index contributed by atoms with van der Waals surface area (Å²) in [6.07, 6.45) is 0.905. The molecule has 0 aliphatic rings. The molecule has 1 aromatic heterocycles. The summed E-state index contributed by atoms with van der Waals surface area (Å²) in [5.41, 5.74) is 9.38. The van der Waals surface area contributed by atoms with Crippen LogP contribution in [0.3, 0.4) is 0 Å². The predicted molar refractivity (Wildman–Crippen MR) is 91.0 cm³/mol. The molecular formula is C14H16Br2N2S. The van der Waals surface area contributed by atoms with Crippen LogP contribution >= 0.6 is 43.2 Å². The third-order valence-electron chi connectivity index (χ3n) is 2.93. The second-order valence-electron chi connectivity index (χ2n) is 4.43. The van der Waals surface area contributed by atoms with Gasteiger partial charge in [0.25, 0.3) is 0 Å². The number of hydrogen-bond donors (Lipinski definition) is 1. The highest BCUT2D eigenvalue weighted by atomic mass is 79.9. The van der Waals surface area contributed by atoms with E-state index in [0.717, 1.165) is 17.4 Å². The lowest BCUT2D eigenvalue weighted by atomic mass is 10.1. The second-order valence-corrected chi connectivity index (χ2v) is 7.57. The highest BCUT2D eigenvalue weighted by molar-refractivity contribution is 9.11. The van der Waals surface area contributed by atoms with Crippen molar-refractivity contribution in [1.29, 1.82) is 0 Å². The van der Waals surface area contributed by atoms with Gasteiger partial charge < -0.3 is 10.6 Å². The topological polar surface area (TPSA) is 29.3 Å². The summed E-state index contributed by atoms with van der Waals surface area (Å²) in [7, 11) is 2.11. The molecule has 1 heterocycles. The van der Waals surface area contributed by atoms with Gasteiger partial charge in [0, 0.05) is 23.8 Å². The molecule has 0 saturated heterocycles.